The molecule has 1 unspecified atom stereocenters. The second-order valence-electron chi connectivity index (χ2n) is 24.1. The van der Waals surface area contributed by atoms with E-state index in [-0.39, 0.29) is 31.1 Å². The Labute approximate surface area is 504 Å². The first-order valence-corrected chi connectivity index (χ1v) is 35.8. The van der Waals surface area contributed by atoms with E-state index >= 15 is 0 Å². The molecule has 0 saturated carbocycles. The molecule has 1 atom stereocenters. The summed E-state index contributed by atoms with van der Waals surface area (Å²) in [5.41, 5.74) is 0. The standard InChI is InChI=1S/C75H136O6/c1-4-7-10-13-16-19-21-23-25-27-29-31-33-34-35-36-37-38-39-40-41-42-43-45-46-48-50-52-54-56-59-62-65-68-74(77)80-71-72(70-79-73(76)67-64-61-58-18-15-12-9-6-3)81-75(78)69-66-63-60-57-55-53-51-49-47-44-32-30-28-26-24-22-20-17-14-11-8-5-2/h7,10,16,19,23,25,29,31,34-35,72H,4-6,8-9,11-15,17-18,20-22,24,26-28,30,32-33,36-71H2,1-3H3/b10-7-,19-16-,25-23-,31-29-,35-34-. The Kier molecular flexibility index (Phi) is 67.1. The van der Waals surface area contributed by atoms with E-state index in [0.717, 1.165) is 89.9 Å². The highest BCUT2D eigenvalue weighted by atomic mass is 16.6. The van der Waals surface area contributed by atoms with E-state index in [1.807, 2.05) is 0 Å². The van der Waals surface area contributed by atoms with Crippen LogP contribution in [0, 0.1) is 0 Å². The first-order chi connectivity index (χ1) is 40.0. The monoisotopic (exact) mass is 1130 g/mol. The van der Waals surface area contributed by atoms with Gasteiger partial charge < -0.3 is 14.2 Å². The summed E-state index contributed by atoms with van der Waals surface area (Å²) in [6, 6.07) is 0. The number of carbonyl (C=O) groups is 3. The molecule has 0 amide bonds. The minimum absolute atomic E-state index is 0.0669. The minimum atomic E-state index is -0.768. The van der Waals surface area contributed by atoms with Crippen LogP contribution in [0.3, 0.4) is 0 Å². The van der Waals surface area contributed by atoms with E-state index in [4.69, 9.17) is 14.2 Å². The lowest BCUT2D eigenvalue weighted by atomic mass is 10.0. The summed E-state index contributed by atoms with van der Waals surface area (Å²) in [5, 5.41) is 0. The van der Waals surface area contributed by atoms with E-state index in [1.165, 1.54) is 250 Å². The summed E-state index contributed by atoms with van der Waals surface area (Å²) < 4.78 is 16.9. The van der Waals surface area contributed by atoms with Crippen LogP contribution in [0.15, 0.2) is 60.8 Å². The second-order valence-corrected chi connectivity index (χ2v) is 24.1. The number of allylic oxidation sites excluding steroid dienone is 10. The number of hydrogen-bond donors (Lipinski definition) is 0. The highest BCUT2D eigenvalue weighted by Gasteiger charge is 2.19. The molecule has 6 nitrogen and oxygen atoms in total. The van der Waals surface area contributed by atoms with Gasteiger partial charge in [0.05, 0.1) is 0 Å². The Morgan fingerprint density at radius 3 is 0.753 bits per heavy atom. The van der Waals surface area contributed by atoms with Crippen molar-refractivity contribution < 1.29 is 28.6 Å². The van der Waals surface area contributed by atoms with Gasteiger partial charge >= 0.3 is 17.9 Å². The molecule has 472 valence electrons. The number of rotatable bonds is 66. The molecule has 6 heteroatoms. The number of ether oxygens (including phenoxy) is 3. The van der Waals surface area contributed by atoms with E-state index in [9.17, 15) is 14.4 Å². The van der Waals surface area contributed by atoms with Gasteiger partial charge in [0.2, 0.25) is 0 Å². The summed E-state index contributed by atoms with van der Waals surface area (Å²) >= 11 is 0. The van der Waals surface area contributed by atoms with Gasteiger partial charge in [-0.2, -0.15) is 0 Å². The quantitative estimate of drug-likeness (QED) is 0.0261. The average Bonchev–Trinajstić information content (AvgIpc) is 3.47. The Bertz CT molecular complexity index is 1440. The Balaban J connectivity index is 4.03. The molecular weight excluding hydrogens is 997 g/mol. The number of hydrogen-bond acceptors (Lipinski definition) is 6. The fourth-order valence-corrected chi connectivity index (χ4v) is 10.7. The first-order valence-electron chi connectivity index (χ1n) is 35.8. The molecule has 0 aromatic carbocycles. The molecule has 0 aliphatic rings. The zero-order valence-electron chi connectivity index (χ0n) is 54.3. The van der Waals surface area contributed by atoms with Crippen molar-refractivity contribution in [1.29, 1.82) is 0 Å². The third-order valence-corrected chi connectivity index (χ3v) is 16.0. The van der Waals surface area contributed by atoms with Crippen molar-refractivity contribution in [2.45, 2.75) is 386 Å². The molecule has 0 N–H and O–H groups in total. The Morgan fingerprint density at radius 2 is 0.481 bits per heavy atom. The SMILES string of the molecule is CC/C=C\C/C=C\C/C=C\C/C=C\C/C=C\CCCCCCCCCCCCCCCCCCCC(=O)OCC(COC(=O)CCCCCCCCCC)OC(=O)CCCCCCCCCCCCCCCCCCCCCCCC. The zero-order chi connectivity index (χ0) is 58.5. The molecule has 0 saturated heterocycles. The van der Waals surface area contributed by atoms with Gasteiger partial charge in [-0.15, -0.1) is 0 Å². The van der Waals surface area contributed by atoms with E-state index in [2.05, 4.69) is 81.5 Å². The molecule has 0 fully saturated rings. The summed E-state index contributed by atoms with van der Waals surface area (Å²) in [4.78, 5) is 38.2. The molecule has 81 heavy (non-hydrogen) atoms. The number of carbonyl (C=O) groups excluding carboxylic acids is 3. The Hall–Kier alpha value is -2.89. The maximum atomic E-state index is 12.9. The molecule has 0 bridgehead atoms. The molecular formula is C75H136O6. The lowest BCUT2D eigenvalue weighted by molar-refractivity contribution is -0.167. The summed E-state index contributed by atoms with van der Waals surface area (Å²) in [7, 11) is 0. The van der Waals surface area contributed by atoms with Crippen LogP contribution in [0.2, 0.25) is 0 Å². The third-order valence-electron chi connectivity index (χ3n) is 16.0. The lowest BCUT2D eigenvalue weighted by Crippen LogP contribution is -2.30. The van der Waals surface area contributed by atoms with Gasteiger partial charge in [0, 0.05) is 19.3 Å². The van der Waals surface area contributed by atoms with Crippen LogP contribution in [-0.4, -0.2) is 37.2 Å². The van der Waals surface area contributed by atoms with Gasteiger partial charge in [-0.05, 0) is 64.2 Å². The molecule has 0 aliphatic carbocycles. The van der Waals surface area contributed by atoms with Crippen LogP contribution in [0.4, 0.5) is 0 Å². The van der Waals surface area contributed by atoms with Crippen LogP contribution in [-0.2, 0) is 28.6 Å². The van der Waals surface area contributed by atoms with Crippen LogP contribution in [0.25, 0.3) is 0 Å². The predicted molar refractivity (Wildman–Crippen MR) is 353 cm³/mol. The van der Waals surface area contributed by atoms with Crippen molar-refractivity contribution in [1.82, 2.24) is 0 Å². The van der Waals surface area contributed by atoms with Crippen molar-refractivity contribution in [3.05, 3.63) is 60.8 Å². The maximum absolute atomic E-state index is 12.9. The normalized spacial score (nSPS) is 12.4. The maximum Gasteiger partial charge on any atom is 0.306 e. The van der Waals surface area contributed by atoms with Crippen molar-refractivity contribution in [2.24, 2.45) is 0 Å². The van der Waals surface area contributed by atoms with Crippen LogP contribution in [0.5, 0.6) is 0 Å². The predicted octanol–water partition coefficient (Wildman–Crippen LogP) is 24.7. The zero-order valence-corrected chi connectivity index (χ0v) is 54.3. The summed E-state index contributed by atoms with van der Waals surface area (Å²) in [6.07, 6.45) is 89.9. The van der Waals surface area contributed by atoms with E-state index in [1.54, 1.807) is 0 Å². The highest BCUT2D eigenvalue weighted by molar-refractivity contribution is 5.71. The largest absolute Gasteiger partial charge is 0.462 e. The molecule has 0 radical (unpaired) electrons. The molecule has 0 heterocycles. The third kappa shape index (κ3) is 67.8. The smallest absolute Gasteiger partial charge is 0.306 e. The van der Waals surface area contributed by atoms with Crippen LogP contribution < -0.4 is 0 Å². The fraction of sp³-hybridized carbons (Fsp3) is 0.827. The second kappa shape index (κ2) is 69.6. The van der Waals surface area contributed by atoms with Gasteiger partial charge in [-0.1, -0.05) is 358 Å². The van der Waals surface area contributed by atoms with Crippen molar-refractivity contribution in [3.63, 3.8) is 0 Å². The summed E-state index contributed by atoms with van der Waals surface area (Å²) in [5.74, 6) is -0.845. The summed E-state index contributed by atoms with van der Waals surface area (Å²) in [6.45, 7) is 6.56. The van der Waals surface area contributed by atoms with Gasteiger partial charge in [0.15, 0.2) is 6.10 Å². The van der Waals surface area contributed by atoms with Crippen LogP contribution >= 0.6 is 0 Å². The molecule has 0 spiro atoms. The number of esters is 3. The van der Waals surface area contributed by atoms with E-state index < -0.39 is 6.10 Å². The molecule has 0 aliphatic heterocycles. The molecule has 0 aromatic heterocycles. The lowest BCUT2D eigenvalue weighted by Gasteiger charge is -2.18. The first kappa shape index (κ1) is 78.1. The highest BCUT2D eigenvalue weighted by Crippen LogP contribution is 2.19. The molecule has 0 rings (SSSR count). The topological polar surface area (TPSA) is 78.9 Å². The van der Waals surface area contributed by atoms with Gasteiger partial charge in [0.1, 0.15) is 13.2 Å². The Morgan fingerprint density at radius 1 is 0.259 bits per heavy atom. The molecule has 0 aromatic rings. The number of unbranched alkanes of at least 4 members (excludes halogenated alkanes) is 45. The van der Waals surface area contributed by atoms with Gasteiger partial charge in [-0.25, -0.2) is 0 Å². The minimum Gasteiger partial charge on any atom is -0.462 e. The van der Waals surface area contributed by atoms with Crippen LogP contribution in [0.1, 0.15) is 380 Å². The van der Waals surface area contributed by atoms with E-state index in [0.29, 0.717) is 19.3 Å². The fourth-order valence-electron chi connectivity index (χ4n) is 10.7. The average molecular weight is 1130 g/mol. The van der Waals surface area contributed by atoms with Gasteiger partial charge in [-0.3, -0.25) is 14.4 Å². The van der Waals surface area contributed by atoms with Gasteiger partial charge in [0.25, 0.3) is 0 Å². The van der Waals surface area contributed by atoms with Crippen molar-refractivity contribution in [2.75, 3.05) is 13.2 Å². The van der Waals surface area contributed by atoms with Crippen molar-refractivity contribution >= 4 is 17.9 Å². The van der Waals surface area contributed by atoms with Crippen molar-refractivity contribution in [3.8, 4) is 0 Å².